The third-order valence-electron chi connectivity index (χ3n) is 5.10. The fourth-order valence-corrected chi connectivity index (χ4v) is 3.56. The molecule has 1 aliphatic rings. The van der Waals surface area contributed by atoms with Crippen molar-refractivity contribution in [3.63, 3.8) is 0 Å². The van der Waals surface area contributed by atoms with Crippen LogP contribution in [0, 0.1) is 0 Å². The molecule has 0 bridgehead atoms. The molecule has 2 aromatic carbocycles. The highest BCUT2D eigenvalue weighted by Crippen LogP contribution is 2.19. The molecule has 1 aliphatic heterocycles. The largest absolute Gasteiger partial charge is 0.493 e. The zero-order valence-corrected chi connectivity index (χ0v) is 17.0. The monoisotopic (exact) mass is 406 g/mol. The Bertz CT molecular complexity index is 959. The predicted octanol–water partition coefficient (Wildman–Crippen LogP) is 2.51. The van der Waals surface area contributed by atoms with E-state index >= 15 is 0 Å². The van der Waals surface area contributed by atoms with Crippen molar-refractivity contribution in [2.45, 2.75) is 12.6 Å². The molecule has 0 radical (unpaired) electrons. The summed E-state index contributed by atoms with van der Waals surface area (Å²) in [6.07, 6.45) is 1.65. The number of para-hydroxylation sites is 1. The summed E-state index contributed by atoms with van der Waals surface area (Å²) in [6, 6.07) is 20.0. The number of carbonyl (C=O) groups excluding carboxylic acids is 1. The average Bonchev–Trinajstić information content (AvgIpc) is 3.24. The number of methoxy groups -OCH3 is 1. The Kier molecular flexibility index (Phi) is 6.41. The number of hydrogen-bond donors (Lipinski definition) is 1. The van der Waals surface area contributed by atoms with Gasteiger partial charge in [0.25, 0.3) is 5.91 Å². The SMILES string of the molecule is COc1cn(-c2ccccc2)nc1C(=O)NCC1CN(Cc2ccccc2)CCO1. The smallest absolute Gasteiger partial charge is 0.275 e. The van der Waals surface area contributed by atoms with Gasteiger partial charge in [-0.2, -0.15) is 5.10 Å². The zero-order chi connectivity index (χ0) is 20.8. The molecular weight excluding hydrogens is 380 g/mol. The molecule has 1 unspecified atom stereocenters. The first-order valence-corrected chi connectivity index (χ1v) is 10.1. The second-order valence-corrected chi connectivity index (χ2v) is 7.25. The lowest BCUT2D eigenvalue weighted by molar-refractivity contribution is -0.0292. The van der Waals surface area contributed by atoms with Gasteiger partial charge in [0.2, 0.25) is 0 Å². The van der Waals surface area contributed by atoms with Crippen LogP contribution in [0.3, 0.4) is 0 Å². The maximum absolute atomic E-state index is 12.7. The summed E-state index contributed by atoms with van der Waals surface area (Å²) in [4.78, 5) is 15.1. The molecule has 156 valence electrons. The van der Waals surface area contributed by atoms with Crippen LogP contribution in [0.5, 0.6) is 5.75 Å². The Morgan fingerprint density at radius 3 is 2.63 bits per heavy atom. The van der Waals surface area contributed by atoms with E-state index in [1.165, 1.54) is 12.7 Å². The lowest BCUT2D eigenvalue weighted by Crippen LogP contribution is -2.47. The number of benzene rings is 2. The molecule has 3 aromatic rings. The highest BCUT2D eigenvalue weighted by molar-refractivity contribution is 5.95. The number of hydrogen-bond acceptors (Lipinski definition) is 5. The Hall–Kier alpha value is -3.16. The van der Waals surface area contributed by atoms with E-state index in [1.807, 2.05) is 36.4 Å². The van der Waals surface area contributed by atoms with Crippen LogP contribution >= 0.6 is 0 Å². The third kappa shape index (κ3) is 4.87. The summed E-state index contributed by atoms with van der Waals surface area (Å²) in [5, 5.41) is 7.36. The summed E-state index contributed by atoms with van der Waals surface area (Å²) in [6.45, 7) is 3.61. The van der Waals surface area contributed by atoms with Gasteiger partial charge in [-0.05, 0) is 17.7 Å². The molecule has 30 heavy (non-hydrogen) atoms. The fourth-order valence-electron chi connectivity index (χ4n) is 3.56. The molecule has 7 heteroatoms. The van der Waals surface area contributed by atoms with Crippen LogP contribution in [0.1, 0.15) is 16.1 Å². The summed E-state index contributed by atoms with van der Waals surface area (Å²) >= 11 is 0. The first-order chi connectivity index (χ1) is 14.7. The second-order valence-electron chi connectivity index (χ2n) is 7.25. The van der Waals surface area contributed by atoms with Crippen LogP contribution in [0.2, 0.25) is 0 Å². The normalized spacial score (nSPS) is 16.9. The number of amides is 1. The lowest BCUT2D eigenvalue weighted by atomic mass is 10.2. The number of morpholine rings is 1. The summed E-state index contributed by atoms with van der Waals surface area (Å²) in [7, 11) is 1.54. The van der Waals surface area contributed by atoms with E-state index < -0.39 is 0 Å². The van der Waals surface area contributed by atoms with Crippen LogP contribution in [-0.4, -0.2) is 60.0 Å². The number of nitrogens with one attached hydrogen (secondary N) is 1. The molecule has 0 aliphatic carbocycles. The molecule has 4 rings (SSSR count). The molecule has 1 amide bonds. The van der Waals surface area contributed by atoms with Gasteiger partial charge in [0, 0.05) is 26.2 Å². The van der Waals surface area contributed by atoms with Crippen LogP contribution < -0.4 is 10.1 Å². The van der Waals surface area contributed by atoms with Gasteiger partial charge in [0.05, 0.1) is 31.7 Å². The van der Waals surface area contributed by atoms with Crippen LogP contribution in [0.4, 0.5) is 0 Å². The number of rotatable bonds is 7. The summed E-state index contributed by atoms with van der Waals surface area (Å²) in [5.74, 6) is 0.164. The minimum absolute atomic E-state index is 0.0615. The van der Waals surface area contributed by atoms with Crippen molar-refractivity contribution < 1.29 is 14.3 Å². The Morgan fingerprint density at radius 2 is 1.90 bits per heavy atom. The van der Waals surface area contributed by atoms with Gasteiger partial charge < -0.3 is 14.8 Å². The van der Waals surface area contributed by atoms with E-state index in [4.69, 9.17) is 9.47 Å². The first-order valence-electron chi connectivity index (χ1n) is 10.1. The van der Waals surface area contributed by atoms with Gasteiger partial charge in [0.1, 0.15) is 0 Å². The molecule has 1 saturated heterocycles. The van der Waals surface area contributed by atoms with E-state index in [0.29, 0.717) is 18.9 Å². The number of ether oxygens (including phenoxy) is 2. The minimum atomic E-state index is -0.273. The number of nitrogens with zero attached hydrogens (tertiary/aromatic N) is 3. The lowest BCUT2D eigenvalue weighted by Gasteiger charge is -2.33. The van der Waals surface area contributed by atoms with Gasteiger partial charge in [0.15, 0.2) is 11.4 Å². The van der Waals surface area contributed by atoms with Crippen molar-refractivity contribution >= 4 is 5.91 Å². The molecule has 2 heterocycles. The Labute approximate surface area is 176 Å². The van der Waals surface area contributed by atoms with Crippen LogP contribution in [0.15, 0.2) is 66.9 Å². The molecule has 1 atom stereocenters. The van der Waals surface area contributed by atoms with Gasteiger partial charge >= 0.3 is 0 Å². The van der Waals surface area contributed by atoms with E-state index in [0.717, 1.165) is 25.3 Å². The molecular formula is C23H26N4O3. The molecule has 1 N–H and O–H groups in total. The topological polar surface area (TPSA) is 68.6 Å². The van der Waals surface area contributed by atoms with Crippen molar-refractivity contribution in [2.24, 2.45) is 0 Å². The molecule has 7 nitrogen and oxygen atoms in total. The second kappa shape index (κ2) is 9.56. The molecule has 1 fully saturated rings. The van der Waals surface area contributed by atoms with Crippen molar-refractivity contribution in [3.8, 4) is 11.4 Å². The standard InChI is InChI=1S/C23H26N4O3/c1-29-21-17-27(19-10-6-3-7-11-19)25-22(21)23(28)24-14-20-16-26(12-13-30-20)15-18-8-4-2-5-9-18/h2-11,17,20H,12-16H2,1H3,(H,24,28). The highest BCUT2D eigenvalue weighted by Gasteiger charge is 2.23. The van der Waals surface area contributed by atoms with Crippen molar-refractivity contribution in [1.29, 1.82) is 0 Å². The maximum Gasteiger partial charge on any atom is 0.275 e. The molecule has 0 saturated carbocycles. The van der Waals surface area contributed by atoms with E-state index in [-0.39, 0.29) is 17.7 Å². The van der Waals surface area contributed by atoms with E-state index in [2.05, 4.69) is 39.6 Å². The van der Waals surface area contributed by atoms with E-state index in [1.54, 1.807) is 10.9 Å². The van der Waals surface area contributed by atoms with Gasteiger partial charge in [-0.25, -0.2) is 4.68 Å². The molecule has 1 aromatic heterocycles. The summed E-state index contributed by atoms with van der Waals surface area (Å²) in [5.41, 5.74) is 2.40. The Balaban J connectivity index is 1.35. The average molecular weight is 406 g/mol. The van der Waals surface area contributed by atoms with Gasteiger partial charge in [-0.1, -0.05) is 48.5 Å². The minimum Gasteiger partial charge on any atom is -0.493 e. The van der Waals surface area contributed by atoms with Crippen molar-refractivity contribution in [2.75, 3.05) is 33.4 Å². The van der Waals surface area contributed by atoms with Crippen molar-refractivity contribution in [3.05, 3.63) is 78.1 Å². The van der Waals surface area contributed by atoms with Crippen LogP contribution in [-0.2, 0) is 11.3 Å². The van der Waals surface area contributed by atoms with Crippen LogP contribution in [0.25, 0.3) is 5.69 Å². The van der Waals surface area contributed by atoms with Crippen molar-refractivity contribution in [1.82, 2.24) is 20.0 Å². The Morgan fingerprint density at radius 1 is 1.17 bits per heavy atom. The highest BCUT2D eigenvalue weighted by atomic mass is 16.5. The zero-order valence-electron chi connectivity index (χ0n) is 17.0. The van der Waals surface area contributed by atoms with Gasteiger partial charge in [-0.3, -0.25) is 9.69 Å². The number of carbonyl (C=O) groups is 1. The maximum atomic E-state index is 12.7. The fraction of sp³-hybridized carbons (Fsp3) is 0.304. The predicted molar refractivity (Wildman–Crippen MR) is 114 cm³/mol. The third-order valence-corrected chi connectivity index (χ3v) is 5.10. The first kappa shape index (κ1) is 20.1. The summed E-state index contributed by atoms with van der Waals surface area (Å²) < 4.78 is 12.9. The quantitative estimate of drug-likeness (QED) is 0.653. The molecule has 0 spiro atoms. The number of aromatic nitrogens is 2. The van der Waals surface area contributed by atoms with Gasteiger partial charge in [-0.15, -0.1) is 0 Å². The van der Waals surface area contributed by atoms with E-state index in [9.17, 15) is 4.79 Å².